The molecule has 1 aliphatic rings. The van der Waals surface area contributed by atoms with Crippen LogP contribution in [0.5, 0.6) is 5.75 Å². The van der Waals surface area contributed by atoms with Crippen LogP contribution in [0.3, 0.4) is 0 Å². The van der Waals surface area contributed by atoms with Crippen molar-refractivity contribution in [1.82, 2.24) is 4.90 Å². The minimum Gasteiger partial charge on any atom is -0.497 e. The molecule has 5 heteroatoms. The van der Waals surface area contributed by atoms with Gasteiger partial charge in [-0.15, -0.1) is 0 Å². The number of benzene rings is 1. The van der Waals surface area contributed by atoms with Gasteiger partial charge in [0.25, 0.3) is 0 Å². The molecular weight excluding hydrogens is 318 g/mol. The Morgan fingerprint density at radius 2 is 1.72 bits per heavy atom. The van der Waals surface area contributed by atoms with Gasteiger partial charge in [-0.3, -0.25) is 9.59 Å². The van der Waals surface area contributed by atoms with E-state index < -0.39 is 0 Å². The summed E-state index contributed by atoms with van der Waals surface area (Å²) in [6.45, 7) is 1.05. The van der Waals surface area contributed by atoms with Crippen LogP contribution in [0.15, 0.2) is 24.3 Å². The third kappa shape index (κ3) is 6.07. The Kier molecular flexibility index (Phi) is 7.76. The highest BCUT2D eigenvalue weighted by atomic mass is 16.5. The van der Waals surface area contributed by atoms with Crippen LogP contribution >= 0.6 is 0 Å². The Labute approximate surface area is 150 Å². The fourth-order valence-electron chi connectivity index (χ4n) is 3.32. The average molecular weight is 347 g/mol. The van der Waals surface area contributed by atoms with Crippen molar-refractivity contribution in [3.8, 4) is 5.75 Å². The Hall–Kier alpha value is -2.04. The van der Waals surface area contributed by atoms with Gasteiger partial charge in [0, 0.05) is 19.0 Å². The van der Waals surface area contributed by atoms with Gasteiger partial charge in [0.15, 0.2) is 0 Å². The maximum absolute atomic E-state index is 12.9. The Morgan fingerprint density at radius 3 is 2.32 bits per heavy atom. The van der Waals surface area contributed by atoms with E-state index in [4.69, 9.17) is 9.47 Å². The van der Waals surface area contributed by atoms with Crippen LogP contribution in [-0.4, -0.2) is 44.1 Å². The number of rotatable bonds is 8. The van der Waals surface area contributed by atoms with Crippen LogP contribution in [-0.2, 0) is 20.7 Å². The van der Waals surface area contributed by atoms with Gasteiger partial charge in [0.1, 0.15) is 5.75 Å². The van der Waals surface area contributed by atoms with Gasteiger partial charge in [0.05, 0.1) is 20.6 Å². The molecule has 1 fully saturated rings. The summed E-state index contributed by atoms with van der Waals surface area (Å²) >= 11 is 0. The molecule has 0 spiro atoms. The van der Waals surface area contributed by atoms with Crippen LogP contribution in [0.4, 0.5) is 0 Å². The minimum absolute atomic E-state index is 0.113. The second-order valence-corrected chi connectivity index (χ2v) is 6.58. The summed E-state index contributed by atoms with van der Waals surface area (Å²) in [5.74, 6) is 0.856. The third-order valence-corrected chi connectivity index (χ3v) is 4.91. The van der Waals surface area contributed by atoms with E-state index in [9.17, 15) is 9.59 Å². The van der Waals surface area contributed by atoms with Gasteiger partial charge in [-0.1, -0.05) is 31.4 Å². The van der Waals surface area contributed by atoms with E-state index in [0.717, 1.165) is 43.4 Å². The zero-order chi connectivity index (χ0) is 18.1. The molecule has 0 N–H and O–H groups in total. The van der Waals surface area contributed by atoms with Crippen molar-refractivity contribution in [2.45, 2.75) is 44.9 Å². The number of methoxy groups -OCH3 is 2. The van der Waals surface area contributed by atoms with Crippen molar-refractivity contribution in [2.24, 2.45) is 5.92 Å². The summed E-state index contributed by atoms with van der Waals surface area (Å²) in [4.78, 5) is 26.2. The van der Waals surface area contributed by atoms with E-state index >= 15 is 0 Å². The van der Waals surface area contributed by atoms with Crippen molar-refractivity contribution in [1.29, 1.82) is 0 Å². The quantitative estimate of drug-likeness (QED) is 0.678. The zero-order valence-electron chi connectivity index (χ0n) is 15.3. The highest BCUT2D eigenvalue weighted by Gasteiger charge is 2.26. The largest absolute Gasteiger partial charge is 0.497 e. The summed E-state index contributed by atoms with van der Waals surface area (Å²) in [6, 6.07) is 7.89. The molecule has 0 aromatic heterocycles. The first kappa shape index (κ1) is 19.3. The molecule has 0 heterocycles. The second-order valence-electron chi connectivity index (χ2n) is 6.58. The summed E-state index contributed by atoms with van der Waals surface area (Å²) < 4.78 is 9.90. The standard InChI is InChI=1S/C20H29NO4/c1-24-18-10-8-16(9-11-18)12-14-21(15-13-19(22)25-2)20(23)17-6-4-3-5-7-17/h8-11,17H,3-7,12-15H2,1-2H3. The fraction of sp³-hybridized carbons (Fsp3) is 0.600. The van der Waals surface area contributed by atoms with Crippen molar-refractivity contribution in [3.63, 3.8) is 0 Å². The number of hydrogen-bond acceptors (Lipinski definition) is 4. The molecule has 0 atom stereocenters. The molecule has 5 nitrogen and oxygen atoms in total. The molecule has 1 amide bonds. The summed E-state index contributed by atoms with van der Waals surface area (Å²) in [7, 11) is 3.03. The number of carbonyl (C=O) groups excluding carboxylic acids is 2. The average Bonchev–Trinajstić information content (AvgIpc) is 2.68. The van der Waals surface area contributed by atoms with Crippen LogP contribution in [0.1, 0.15) is 44.1 Å². The predicted octanol–water partition coefficient (Wildman–Crippen LogP) is 3.21. The van der Waals surface area contributed by atoms with Gasteiger partial charge >= 0.3 is 5.97 Å². The molecule has 138 valence electrons. The lowest BCUT2D eigenvalue weighted by Gasteiger charge is -2.29. The number of carbonyl (C=O) groups is 2. The number of amides is 1. The van der Waals surface area contributed by atoms with Crippen LogP contribution in [0.25, 0.3) is 0 Å². The molecule has 1 aliphatic carbocycles. The Bertz CT molecular complexity index is 549. The minimum atomic E-state index is -0.272. The topological polar surface area (TPSA) is 55.8 Å². The summed E-state index contributed by atoms with van der Waals surface area (Å²) in [5.41, 5.74) is 1.15. The van der Waals surface area contributed by atoms with Gasteiger partial charge in [-0.05, 0) is 37.0 Å². The first-order valence-electron chi connectivity index (χ1n) is 9.12. The number of nitrogens with zero attached hydrogens (tertiary/aromatic N) is 1. The number of hydrogen-bond donors (Lipinski definition) is 0. The molecule has 0 aliphatic heterocycles. The molecule has 0 saturated heterocycles. The zero-order valence-corrected chi connectivity index (χ0v) is 15.3. The highest BCUT2D eigenvalue weighted by molar-refractivity contribution is 5.79. The lowest BCUT2D eigenvalue weighted by atomic mass is 9.88. The first-order chi connectivity index (χ1) is 12.1. The lowest BCUT2D eigenvalue weighted by Crippen LogP contribution is -2.39. The number of esters is 1. The fourth-order valence-corrected chi connectivity index (χ4v) is 3.32. The third-order valence-electron chi connectivity index (χ3n) is 4.91. The van der Waals surface area contributed by atoms with Crippen molar-refractivity contribution in [2.75, 3.05) is 27.3 Å². The van der Waals surface area contributed by atoms with Crippen LogP contribution < -0.4 is 4.74 Å². The Morgan fingerprint density at radius 1 is 1.04 bits per heavy atom. The van der Waals surface area contributed by atoms with Crippen LogP contribution in [0, 0.1) is 5.92 Å². The molecule has 1 saturated carbocycles. The van der Waals surface area contributed by atoms with E-state index in [1.54, 1.807) is 7.11 Å². The number of ether oxygens (including phenoxy) is 2. The first-order valence-corrected chi connectivity index (χ1v) is 9.12. The lowest BCUT2D eigenvalue weighted by molar-refractivity contribution is -0.142. The molecule has 2 rings (SSSR count). The molecule has 0 radical (unpaired) electrons. The van der Waals surface area contributed by atoms with E-state index in [1.165, 1.54) is 13.5 Å². The summed E-state index contributed by atoms with van der Waals surface area (Å²) in [5, 5.41) is 0. The molecule has 0 unspecified atom stereocenters. The van der Waals surface area contributed by atoms with E-state index in [2.05, 4.69) is 0 Å². The Balaban J connectivity index is 1.96. The predicted molar refractivity (Wildman–Crippen MR) is 96.5 cm³/mol. The van der Waals surface area contributed by atoms with Gasteiger partial charge in [0.2, 0.25) is 5.91 Å². The van der Waals surface area contributed by atoms with Crippen molar-refractivity contribution < 1.29 is 19.1 Å². The smallest absolute Gasteiger partial charge is 0.307 e. The molecule has 0 bridgehead atoms. The molecular formula is C20H29NO4. The molecule has 1 aromatic rings. The SMILES string of the molecule is COC(=O)CCN(CCc1ccc(OC)cc1)C(=O)C1CCCCC1. The van der Waals surface area contributed by atoms with Gasteiger partial charge < -0.3 is 14.4 Å². The maximum Gasteiger partial charge on any atom is 0.307 e. The van der Waals surface area contributed by atoms with Gasteiger partial charge in [-0.25, -0.2) is 0 Å². The normalized spacial score (nSPS) is 14.8. The van der Waals surface area contributed by atoms with Crippen LogP contribution in [0.2, 0.25) is 0 Å². The molecule has 25 heavy (non-hydrogen) atoms. The monoisotopic (exact) mass is 347 g/mol. The molecule has 1 aromatic carbocycles. The second kappa shape index (κ2) is 10.1. The van der Waals surface area contributed by atoms with Crippen molar-refractivity contribution in [3.05, 3.63) is 29.8 Å². The van der Waals surface area contributed by atoms with Crippen molar-refractivity contribution >= 4 is 11.9 Å². The van der Waals surface area contributed by atoms with E-state index in [0.29, 0.717) is 13.1 Å². The van der Waals surface area contributed by atoms with Gasteiger partial charge in [-0.2, -0.15) is 0 Å². The summed E-state index contributed by atoms with van der Waals surface area (Å²) in [6.07, 6.45) is 6.42. The maximum atomic E-state index is 12.9. The van der Waals surface area contributed by atoms with E-state index in [1.807, 2.05) is 29.2 Å². The highest BCUT2D eigenvalue weighted by Crippen LogP contribution is 2.25. The van der Waals surface area contributed by atoms with E-state index in [-0.39, 0.29) is 24.2 Å².